The van der Waals surface area contributed by atoms with E-state index >= 15 is 0 Å². The molecular weight excluding hydrogens is 440 g/mol. The van der Waals surface area contributed by atoms with Crippen LogP contribution in [0.3, 0.4) is 0 Å². The molecule has 0 bridgehead atoms. The van der Waals surface area contributed by atoms with E-state index in [-0.39, 0.29) is 30.6 Å². The molecule has 0 atom stereocenters. The minimum atomic E-state index is -0.114. The number of carbonyl (C=O) groups excluding carboxylic acids is 2. The SMILES string of the molecule is O=C(NC1CCC(OCc2ccccc2)CC1)c1ccc2c(c1)OCC(=O)N2Cc1ccccc1. The predicted molar refractivity (Wildman–Crippen MR) is 134 cm³/mol. The van der Waals surface area contributed by atoms with Gasteiger partial charge in [-0.2, -0.15) is 0 Å². The number of fused-ring (bicyclic) bond motifs is 1. The number of ether oxygens (including phenoxy) is 2. The maximum Gasteiger partial charge on any atom is 0.265 e. The molecule has 35 heavy (non-hydrogen) atoms. The third-order valence-electron chi connectivity index (χ3n) is 6.69. The van der Waals surface area contributed by atoms with Crippen LogP contribution >= 0.6 is 0 Å². The second-order valence-corrected chi connectivity index (χ2v) is 9.18. The van der Waals surface area contributed by atoms with E-state index in [9.17, 15) is 9.59 Å². The fraction of sp³-hybridized carbons (Fsp3) is 0.310. The fourth-order valence-electron chi connectivity index (χ4n) is 4.72. The zero-order valence-electron chi connectivity index (χ0n) is 19.7. The lowest BCUT2D eigenvalue weighted by molar-refractivity contribution is -0.121. The summed E-state index contributed by atoms with van der Waals surface area (Å²) in [4.78, 5) is 27.2. The van der Waals surface area contributed by atoms with Crippen molar-refractivity contribution in [1.82, 2.24) is 5.32 Å². The summed E-state index contributed by atoms with van der Waals surface area (Å²) < 4.78 is 11.7. The van der Waals surface area contributed by atoms with Gasteiger partial charge in [-0.15, -0.1) is 0 Å². The third-order valence-corrected chi connectivity index (χ3v) is 6.69. The molecule has 0 unspecified atom stereocenters. The number of benzene rings is 3. The summed E-state index contributed by atoms with van der Waals surface area (Å²) in [6.45, 7) is 1.07. The lowest BCUT2D eigenvalue weighted by Crippen LogP contribution is -2.40. The van der Waals surface area contributed by atoms with E-state index in [1.165, 1.54) is 5.56 Å². The van der Waals surface area contributed by atoms with Crippen LogP contribution in [0.5, 0.6) is 5.75 Å². The Labute approximate surface area is 205 Å². The van der Waals surface area contributed by atoms with Gasteiger partial charge in [-0.3, -0.25) is 9.59 Å². The van der Waals surface area contributed by atoms with Gasteiger partial charge in [-0.1, -0.05) is 60.7 Å². The van der Waals surface area contributed by atoms with Crippen LogP contribution in [0.25, 0.3) is 0 Å². The van der Waals surface area contributed by atoms with Gasteiger partial charge in [0.25, 0.3) is 11.8 Å². The average molecular weight is 471 g/mol. The topological polar surface area (TPSA) is 67.9 Å². The Hall–Kier alpha value is -3.64. The highest BCUT2D eigenvalue weighted by atomic mass is 16.5. The molecule has 2 aliphatic rings. The van der Waals surface area contributed by atoms with Gasteiger partial charge >= 0.3 is 0 Å². The normalized spacial score (nSPS) is 19.5. The van der Waals surface area contributed by atoms with Crippen LogP contribution in [0.1, 0.15) is 47.2 Å². The van der Waals surface area contributed by atoms with E-state index in [0.717, 1.165) is 31.2 Å². The molecule has 2 amide bonds. The van der Waals surface area contributed by atoms with Gasteiger partial charge in [0.05, 0.1) is 24.9 Å². The van der Waals surface area contributed by atoms with E-state index in [1.54, 1.807) is 23.1 Å². The first kappa shape index (κ1) is 23.1. The maximum atomic E-state index is 12.9. The number of anilines is 1. The summed E-state index contributed by atoms with van der Waals surface area (Å²) >= 11 is 0. The summed E-state index contributed by atoms with van der Waals surface area (Å²) in [6.07, 6.45) is 3.88. The van der Waals surface area contributed by atoms with Gasteiger partial charge in [-0.25, -0.2) is 0 Å². The zero-order chi connectivity index (χ0) is 24.0. The van der Waals surface area contributed by atoms with Crippen LogP contribution in [-0.4, -0.2) is 30.6 Å². The zero-order valence-corrected chi connectivity index (χ0v) is 19.7. The average Bonchev–Trinajstić information content (AvgIpc) is 2.91. The van der Waals surface area contributed by atoms with Crippen molar-refractivity contribution >= 4 is 17.5 Å². The van der Waals surface area contributed by atoms with Crippen LogP contribution in [0, 0.1) is 0 Å². The highest BCUT2D eigenvalue weighted by Gasteiger charge is 2.28. The Balaban J connectivity index is 1.16. The van der Waals surface area contributed by atoms with Crippen LogP contribution in [0.15, 0.2) is 78.9 Å². The molecule has 1 aliphatic heterocycles. The van der Waals surface area contributed by atoms with Gasteiger partial charge in [0.2, 0.25) is 0 Å². The van der Waals surface area contributed by atoms with Gasteiger partial charge in [0.1, 0.15) is 5.75 Å². The molecular formula is C29H30N2O4. The molecule has 6 nitrogen and oxygen atoms in total. The Morgan fingerprint density at radius 3 is 2.31 bits per heavy atom. The number of amides is 2. The molecule has 0 saturated heterocycles. The standard InChI is InChI=1S/C29H30N2O4/c32-28-20-35-27-17-23(11-16-26(27)31(28)18-21-7-3-1-4-8-21)29(33)30-24-12-14-25(15-13-24)34-19-22-9-5-2-6-10-22/h1-11,16-17,24-25H,12-15,18-20H2,(H,30,33). The first-order valence-corrected chi connectivity index (χ1v) is 12.2. The first-order valence-electron chi connectivity index (χ1n) is 12.2. The largest absolute Gasteiger partial charge is 0.482 e. The lowest BCUT2D eigenvalue weighted by Gasteiger charge is -2.30. The second kappa shape index (κ2) is 10.7. The number of nitrogens with one attached hydrogen (secondary N) is 1. The van der Waals surface area contributed by atoms with E-state index in [1.807, 2.05) is 48.5 Å². The molecule has 1 saturated carbocycles. The second-order valence-electron chi connectivity index (χ2n) is 9.18. The fourth-order valence-corrected chi connectivity index (χ4v) is 4.72. The molecule has 1 N–H and O–H groups in total. The van der Waals surface area contributed by atoms with Crippen LogP contribution in [0.4, 0.5) is 5.69 Å². The molecule has 180 valence electrons. The quantitative estimate of drug-likeness (QED) is 0.535. The Morgan fingerprint density at radius 2 is 1.60 bits per heavy atom. The molecule has 0 aromatic heterocycles. The van der Waals surface area contributed by atoms with Crippen molar-refractivity contribution in [1.29, 1.82) is 0 Å². The van der Waals surface area contributed by atoms with Gasteiger partial charge in [0.15, 0.2) is 6.61 Å². The van der Waals surface area contributed by atoms with Crippen molar-refractivity contribution in [3.8, 4) is 5.75 Å². The third kappa shape index (κ3) is 5.72. The summed E-state index contributed by atoms with van der Waals surface area (Å²) in [5.41, 5.74) is 3.46. The molecule has 1 fully saturated rings. The Bertz CT molecular complexity index is 1160. The maximum absolute atomic E-state index is 12.9. The van der Waals surface area contributed by atoms with E-state index in [2.05, 4.69) is 17.4 Å². The molecule has 1 aliphatic carbocycles. The molecule has 0 spiro atoms. The number of rotatable bonds is 7. The van der Waals surface area contributed by atoms with Crippen LogP contribution < -0.4 is 15.0 Å². The smallest absolute Gasteiger partial charge is 0.265 e. The van der Waals surface area contributed by atoms with Crippen molar-refractivity contribution in [2.75, 3.05) is 11.5 Å². The van der Waals surface area contributed by atoms with E-state index in [0.29, 0.717) is 30.2 Å². The molecule has 3 aromatic rings. The van der Waals surface area contributed by atoms with Crippen molar-refractivity contribution in [3.05, 3.63) is 95.6 Å². The summed E-state index contributed by atoms with van der Waals surface area (Å²) in [5, 5.41) is 3.17. The molecule has 0 radical (unpaired) electrons. The highest BCUT2D eigenvalue weighted by Crippen LogP contribution is 2.34. The number of nitrogens with zero attached hydrogens (tertiary/aromatic N) is 1. The molecule has 5 rings (SSSR count). The van der Waals surface area contributed by atoms with E-state index in [4.69, 9.17) is 9.47 Å². The monoisotopic (exact) mass is 470 g/mol. The first-order chi connectivity index (χ1) is 17.2. The lowest BCUT2D eigenvalue weighted by atomic mass is 9.92. The minimum Gasteiger partial charge on any atom is -0.482 e. The Morgan fingerprint density at radius 1 is 0.914 bits per heavy atom. The van der Waals surface area contributed by atoms with Crippen LogP contribution in [0.2, 0.25) is 0 Å². The van der Waals surface area contributed by atoms with Gasteiger partial charge in [0, 0.05) is 11.6 Å². The van der Waals surface area contributed by atoms with Crippen molar-refractivity contribution in [3.63, 3.8) is 0 Å². The van der Waals surface area contributed by atoms with Gasteiger partial charge < -0.3 is 19.7 Å². The minimum absolute atomic E-state index is 0.0299. The summed E-state index contributed by atoms with van der Waals surface area (Å²) in [5.74, 6) is 0.354. The van der Waals surface area contributed by atoms with E-state index < -0.39 is 0 Å². The summed E-state index contributed by atoms with van der Waals surface area (Å²) in [7, 11) is 0. The molecule has 1 heterocycles. The number of hydrogen-bond acceptors (Lipinski definition) is 4. The predicted octanol–water partition coefficient (Wildman–Crippen LogP) is 4.87. The summed E-state index contributed by atoms with van der Waals surface area (Å²) in [6, 6.07) is 25.5. The van der Waals surface area contributed by atoms with Crippen molar-refractivity contribution in [2.45, 2.75) is 51.0 Å². The number of carbonyl (C=O) groups is 2. The Kier molecular flexibility index (Phi) is 7.09. The molecule has 6 heteroatoms. The van der Waals surface area contributed by atoms with Crippen molar-refractivity contribution in [2.24, 2.45) is 0 Å². The van der Waals surface area contributed by atoms with Gasteiger partial charge in [-0.05, 0) is 55.0 Å². The highest BCUT2D eigenvalue weighted by molar-refractivity contribution is 6.00. The van der Waals surface area contributed by atoms with Crippen LogP contribution in [-0.2, 0) is 22.7 Å². The number of hydrogen-bond donors (Lipinski definition) is 1. The molecule has 3 aromatic carbocycles. The van der Waals surface area contributed by atoms with Crippen molar-refractivity contribution < 1.29 is 19.1 Å².